The third-order valence-corrected chi connectivity index (χ3v) is 3.03. The van der Waals surface area contributed by atoms with Crippen molar-refractivity contribution in [3.05, 3.63) is 35.9 Å². The minimum atomic E-state index is 0.687. The van der Waals surface area contributed by atoms with Crippen LogP contribution >= 0.6 is 12.8 Å². The summed E-state index contributed by atoms with van der Waals surface area (Å²) in [7, 11) is 0. The molecule has 1 aliphatic rings. The fourth-order valence-electron chi connectivity index (χ4n) is 1.95. The Kier molecular flexibility index (Phi) is 2.91. The van der Waals surface area contributed by atoms with Gasteiger partial charge in [0.1, 0.15) is 0 Å². The summed E-state index contributed by atoms with van der Waals surface area (Å²) in [6.45, 7) is 2.22. The van der Waals surface area contributed by atoms with Crippen molar-refractivity contribution in [1.29, 1.82) is 0 Å². The Morgan fingerprint density at radius 3 is 2.69 bits per heavy atom. The topological polar surface area (TPSA) is 3.24 Å². The van der Waals surface area contributed by atoms with E-state index < -0.39 is 0 Å². The average Bonchev–Trinajstić information content (AvgIpc) is 2.19. The van der Waals surface area contributed by atoms with Crippen LogP contribution in [0.1, 0.15) is 24.3 Å². The molecule has 0 aliphatic carbocycles. The number of hydrogen-bond donors (Lipinski definition) is 1. The molecule has 0 amide bonds. The second kappa shape index (κ2) is 4.16. The lowest BCUT2D eigenvalue weighted by atomic mass is 9.92. The molecular formula is C11H15NS. The maximum atomic E-state index is 4.40. The number of benzene rings is 1. The fourth-order valence-corrected chi connectivity index (χ4v) is 2.29. The molecule has 13 heavy (non-hydrogen) atoms. The van der Waals surface area contributed by atoms with Gasteiger partial charge in [0, 0.05) is 13.1 Å². The standard InChI is InChI=1S/C11H15NS/c13-12-8-4-7-11(9-12)10-5-2-1-3-6-10/h1-3,5-6,11,13H,4,7-9H2. The molecule has 1 nitrogen and oxygen atoms in total. The van der Waals surface area contributed by atoms with Gasteiger partial charge in [0.2, 0.25) is 0 Å². The van der Waals surface area contributed by atoms with Crippen LogP contribution in [0.3, 0.4) is 0 Å². The van der Waals surface area contributed by atoms with Crippen LogP contribution in [-0.4, -0.2) is 17.4 Å². The highest BCUT2D eigenvalue weighted by Crippen LogP contribution is 2.26. The van der Waals surface area contributed by atoms with Crippen LogP contribution in [0.5, 0.6) is 0 Å². The molecular weight excluding hydrogens is 178 g/mol. The molecule has 1 unspecified atom stereocenters. The summed E-state index contributed by atoms with van der Waals surface area (Å²) in [5.41, 5.74) is 1.46. The van der Waals surface area contributed by atoms with E-state index in [0.29, 0.717) is 5.92 Å². The van der Waals surface area contributed by atoms with Gasteiger partial charge in [-0.1, -0.05) is 43.1 Å². The second-order valence-electron chi connectivity index (χ2n) is 3.66. The summed E-state index contributed by atoms with van der Waals surface area (Å²) in [5.74, 6) is 0.687. The zero-order valence-corrected chi connectivity index (χ0v) is 8.58. The lowest BCUT2D eigenvalue weighted by molar-refractivity contribution is 0.346. The Hall–Kier alpha value is -0.470. The summed E-state index contributed by atoms with van der Waals surface area (Å²) in [6.07, 6.45) is 2.57. The number of nitrogens with zero attached hydrogens (tertiary/aromatic N) is 1. The van der Waals surface area contributed by atoms with Crippen molar-refractivity contribution in [2.45, 2.75) is 18.8 Å². The molecule has 1 aliphatic heterocycles. The van der Waals surface area contributed by atoms with E-state index in [1.165, 1.54) is 18.4 Å². The van der Waals surface area contributed by atoms with Crippen molar-refractivity contribution >= 4 is 12.8 Å². The smallest absolute Gasteiger partial charge is 0.0156 e. The second-order valence-corrected chi connectivity index (χ2v) is 4.23. The van der Waals surface area contributed by atoms with E-state index in [-0.39, 0.29) is 0 Å². The van der Waals surface area contributed by atoms with Gasteiger partial charge in [-0.15, -0.1) is 0 Å². The average molecular weight is 193 g/mol. The van der Waals surface area contributed by atoms with E-state index in [1.54, 1.807) is 0 Å². The van der Waals surface area contributed by atoms with Gasteiger partial charge in [-0.3, -0.25) is 4.31 Å². The molecule has 1 fully saturated rings. The molecule has 1 aromatic rings. The quantitative estimate of drug-likeness (QED) is 0.671. The number of rotatable bonds is 1. The molecule has 1 saturated heterocycles. The van der Waals surface area contributed by atoms with E-state index in [4.69, 9.17) is 0 Å². The first kappa shape index (κ1) is 9.10. The molecule has 70 valence electrons. The van der Waals surface area contributed by atoms with Crippen LogP contribution in [0, 0.1) is 0 Å². The first-order valence-corrected chi connectivity index (χ1v) is 5.25. The van der Waals surface area contributed by atoms with E-state index in [2.05, 4.69) is 47.5 Å². The molecule has 1 atom stereocenters. The van der Waals surface area contributed by atoms with Gasteiger partial charge >= 0.3 is 0 Å². The lowest BCUT2D eigenvalue weighted by Crippen LogP contribution is -2.26. The molecule has 0 saturated carbocycles. The molecule has 0 N–H and O–H groups in total. The minimum Gasteiger partial charge on any atom is -0.253 e. The van der Waals surface area contributed by atoms with Crippen molar-refractivity contribution in [2.75, 3.05) is 13.1 Å². The summed E-state index contributed by atoms with van der Waals surface area (Å²) in [5, 5.41) is 0. The monoisotopic (exact) mass is 193 g/mol. The van der Waals surface area contributed by atoms with Gasteiger partial charge in [-0.2, -0.15) is 0 Å². The van der Waals surface area contributed by atoms with Gasteiger partial charge in [0.05, 0.1) is 0 Å². The van der Waals surface area contributed by atoms with Crippen LogP contribution in [0.25, 0.3) is 0 Å². The van der Waals surface area contributed by atoms with Crippen molar-refractivity contribution in [3.8, 4) is 0 Å². The molecule has 1 heterocycles. The first-order valence-electron chi connectivity index (χ1n) is 4.85. The predicted octanol–water partition coefficient (Wildman–Crippen LogP) is 2.71. The highest BCUT2D eigenvalue weighted by molar-refractivity contribution is 7.77. The molecule has 2 heteroatoms. The van der Waals surface area contributed by atoms with Crippen LogP contribution < -0.4 is 0 Å². The molecule has 1 aromatic carbocycles. The zero-order chi connectivity index (χ0) is 9.10. The van der Waals surface area contributed by atoms with Crippen molar-refractivity contribution in [2.24, 2.45) is 0 Å². The summed E-state index contributed by atoms with van der Waals surface area (Å²) < 4.78 is 2.13. The van der Waals surface area contributed by atoms with Crippen LogP contribution in [0.4, 0.5) is 0 Å². The summed E-state index contributed by atoms with van der Waals surface area (Å²) >= 11 is 4.40. The maximum Gasteiger partial charge on any atom is 0.0156 e. The number of hydrogen-bond acceptors (Lipinski definition) is 2. The lowest BCUT2D eigenvalue weighted by Gasteiger charge is -2.28. The van der Waals surface area contributed by atoms with Gasteiger partial charge in [-0.05, 0) is 24.3 Å². The highest BCUT2D eigenvalue weighted by atomic mass is 32.1. The minimum absolute atomic E-state index is 0.687. The Bertz CT molecular complexity index is 260. The van der Waals surface area contributed by atoms with E-state index >= 15 is 0 Å². The van der Waals surface area contributed by atoms with E-state index in [9.17, 15) is 0 Å². The van der Waals surface area contributed by atoms with Gasteiger partial charge in [0.15, 0.2) is 0 Å². The molecule has 0 spiro atoms. The Morgan fingerprint density at radius 2 is 2.00 bits per heavy atom. The predicted molar refractivity (Wildman–Crippen MR) is 59.0 cm³/mol. The van der Waals surface area contributed by atoms with E-state index in [0.717, 1.165) is 13.1 Å². The SMILES string of the molecule is SN1CCCC(c2ccccc2)C1. The molecule has 2 rings (SSSR count). The van der Waals surface area contributed by atoms with Crippen molar-refractivity contribution < 1.29 is 0 Å². The summed E-state index contributed by atoms with van der Waals surface area (Å²) in [6, 6.07) is 10.7. The first-order chi connectivity index (χ1) is 6.36. The van der Waals surface area contributed by atoms with Gasteiger partial charge < -0.3 is 0 Å². The number of thiol groups is 1. The molecule has 0 radical (unpaired) electrons. The van der Waals surface area contributed by atoms with E-state index in [1.807, 2.05) is 0 Å². The Balaban J connectivity index is 2.08. The van der Waals surface area contributed by atoms with Gasteiger partial charge in [0.25, 0.3) is 0 Å². The fraction of sp³-hybridized carbons (Fsp3) is 0.455. The highest BCUT2D eigenvalue weighted by Gasteiger charge is 2.18. The third kappa shape index (κ3) is 2.26. The maximum absolute atomic E-state index is 4.40. The van der Waals surface area contributed by atoms with Crippen LogP contribution in [0.15, 0.2) is 30.3 Å². The summed E-state index contributed by atoms with van der Waals surface area (Å²) in [4.78, 5) is 0. The largest absolute Gasteiger partial charge is 0.253 e. The van der Waals surface area contributed by atoms with Crippen molar-refractivity contribution in [1.82, 2.24) is 4.31 Å². The van der Waals surface area contributed by atoms with Crippen molar-refractivity contribution in [3.63, 3.8) is 0 Å². The van der Waals surface area contributed by atoms with Crippen LogP contribution in [0.2, 0.25) is 0 Å². The molecule has 0 bridgehead atoms. The molecule has 0 aromatic heterocycles. The number of piperidine rings is 1. The van der Waals surface area contributed by atoms with Gasteiger partial charge in [-0.25, -0.2) is 0 Å². The Labute approximate surface area is 85.3 Å². The third-order valence-electron chi connectivity index (χ3n) is 2.67. The van der Waals surface area contributed by atoms with Crippen LogP contribution in [-0.2, 0) is 0 Å². The normalized spacial score (nSPS) is 24.5. The zero-order valence-electron chi connectivity index (χ0n) is 7.69. The Morgan fingerprint density at radius 1 is 1.23 bits per heavy atom.